The zero-order chi connectivity index (χ0) is 19.1. The molecule has 1 fully saturated rings. The van der Waals surface area contributed by atoms with E-state index in [-0.39, 0.29) is 18.6 Å². The zero-order valence-corrected chi connectivity index (χ0v) is 15.8. The summed E-state index contributed by atoms with van der Waals surface area (Å²) >= 11 is 0. The minimum Gasteiger partial charge on any atom is -0.481 e. The molecule has 2 rings (SSSR count). The summed E-state index contributed by atoms with van der Waals surface area (Å²) < 4.78 is 11.0. The summed E-state index contributed by atoms with van der Waals surface area (Å²) in [5.41, 5.74) is 1.09. The van der Waals surface area contributed by atoms with E-state index in [0.29, 0.717) is 32.1 Å². The van der Waals surface area contributed by atoms with Gasteiger partial charge >= 0.3 is 6.09 Å². The van der Waals surface area contributed by atoms with E-state index < -0.39 is 6.10 Å². The Labute approximate surface area is 155 Å². The molecule has 1 unspecified atom stereocenters. The third kappa shape index (κ3) is 5.00. The van der Waals surface area contributed by atoms with Gasteiger partial charge in [-0.05, 0) is 24.5 Å². The average molecular weight is 360 g/mol. The van der Waals surface area contributed by atoms with Crippen LogP contribution in [-0.4, -0.2) is 60.7 Å². The predicted molar refractivity (Wildman–Crippen MR) is 100 cm³/mol. The highest BCUT2D eigenvalue weighted by Crippen LogP contribution is 2.27. The Hall–Kier alpha value is -2.50. The zero-order valence-electron chi connectivity index (χ0n) is 15.8. The van der Waals surface area contributed by atoms with Gasteiger partial charge in [0.15, 0.2) is 6.10 Å². The van der Waals surface area contributed by atoms with E-state index in [2.05, 4.69) is 20.4 Å². The van der Waals surface area contributed by atoms with E-state index >= 15 is 0 Å². The van der Waals surface area contributed by atoms with Gasteiger partial charge in [-0.25, -0.2) is 4.79 Å². The second-order valence-electron chi connectivity index (χ2n) is 6.63. The standard InChI is InChI=1S/C20H28N2O4/c1-5-14-25-20(24)22-12-10-21(11-13-22)19(23)16(4)26-18-9-7-6-8-17(18)15(2)3/h5-9,15-16H,1,10-14H2,2-4H3. The quantitative estimate of drug-likeness (QED) is 0.732. The Morgan fingerprint density at radius 1 is 1.12 bits per heavy atom. The molecule has 0 bridgehead atoms. The fourth-order valence-electron chi connectivity index (χ4n) is 2.89. The Bertz CT molecular complexity index is 636. The topological polar surface area (TPSA) is 59.1 Å². The molecule has 0 spiro atoms. The molecule has 1 aliphatic heterocycles. The Balaban J connectivity index is 1.90. The number of carbonyl (C=O) groups is 2. The van der Waals surface area contributed by atoms with Gasteiger partial charge < -0.3 is 19.3 Å². The summed E-state index contributed by atoms with van der Waals surface area (Å²) in [6.45, 7) is 11.5. The van der Waals surface area contributed by atoms with Crippen LogP contribution in [0.3, 0.4) is 0 Å². The molecule has 26 heavy (non-hydrogen) atoms. The molecule has 142 valence electrons. The lowest BCUT2D eigenvalue weighted by Gasteiger charge is -2.35. The monoisotopic (exact) mass is 360 g/mol. The molecule has 1 heterocycles. The van der Waals surface area contributed by atoms with Gasteiger partial charge in [0, 0.05) is 26.2 Å². The lowest BCUT2D eigenvalue weighted by Crippen LogP contribution is -2.53. The van der Waals surface area contributed by atoms with Crippen LogP contribution in [-0.2, 0) is 9.53 Å². The number of hydrogen-bond donors (Lipinski definition) is 0. The maximum absolute atomic E-state index is 12.7. The van der Waals surface area contributed by atoms with Crippen molar-refractivity contribution < 1.29 is 19.1 Å². The average Bonchev–Trinajstić information content (AvgIpc) is 2.65. The molecule has 0 aromatic heterocycles. The van der Waals surface area contributed by atoms with E-state index in [0.717, 1.165) is 11.3 Å². The fraction of sp³-hybridized carbons (Fsp3) is 0.500. The van der Waals surface area contributed by atoms with E-state index in [1.54, 1.807) is 16.7 Å². The number of piperazine rings is 1. The van der Waals surface area contributed by atoms with Gasteiger partial charge in [-0.1, -0.05) is 44.7 Å². The van der Waals surface area contributed by atoms with Crippen molar-refractivity contribution in [2.75, 3.05) is 32.8 Å². The van der Waals surface area contributed by atoms with Crippen molar-refractivity contribution >= 4 is 12.0 Å². The number of amides is 2. The van der Waals surface area contributed by atoms with E-state index in [1.165, 1.54) is 6.08 Å². The van der Waals surface area contributed by atoms with Crippen molar-refractivity contribution in [1.82, 2.24) is 9.80 Å². The Kier molecular flexibility index (Phi) is 7.06. The molecule has 6 heteroatoms. The largest absolute Gasteiger partial charge is 0.481 e. The first-order valence-electron chi connectivity index (χ1n) is 9.01. The molecule has 1 atom stereocenters. The summed E-state index contributed by atoms with van der Waals surface area (Å²) in [7, 11) is 0. The van der Waals surface area contributed by atoms with Crippen molar-refractivity contribution in [3.05, 3.63) is 42.5 Å². The van der Waals surface area contributed by atoms with Gasteiger partial charge in [0.05, 0.1) is 0 Å². The number of ether oxygens (including phenoxy) is 2. The highest BCUT2D eigenvalue weighted by atomic mass is 16.6. The highest BCUT2D eigenvalue weighted by molar-refractivity contribution is 5.81. The van der Waals surface area contributed by atoms with E-state index in [4.69, 9.17) is 9.47 Å². The highest BCUT2D eigenvalue weighted by Gasteiger charge is 2.28. The molecule has 6 nitrogen and oxygen atoms in total. The number of carbonyl (C=O) groups excluding carboxylic acids is 2. The lowest BCUT2D eigenvalue weighted by atomic mass is 10.0. The molecule has 1 aromatic rings. The summed E-state index contributed by atoms with van der Waals surface area (Å²) in [6.07, 6.45) is 0.590. The predicted octanol–water partition coefficient (Wildman–Crippen LogP) is 3.04. The van der Waals surface area contributed by atoms with Crippen LogP contribution in [0.5, 0.6) is 5.75 Å². The first-order valence-corrected chi connectivity index (χ1v) is 9.01. The maximum atomic E-state index is 12.7. The van der Waals surface area contributed by atoms with Crippen LogP contribution in [0, 0.1) is 0 Å². The molecule has 0 aliphatic carbocycles. The third-order valence-electron chi connectivity index (χ3n) is 4.37. The molecule has 1 aromatic carbocycles. The second-order valence-corrected chi connectivity index (χ2v) is 6.63. The number of para-hydroxylation sites is 1. The lowest BCUT2D eigenvalue weighted by molar-refractivity contribution is -0.139. The maximum Gasteiger partial charge on any atom is 0.410 e. The molecule has 2 amide bonds. The van der Waals surface area contributed by atoms with Crippen LogP contribution in [0.25, 0.3) is 0 Å². The van der Waals surface area contributed by atoms with Crippen LogP contribution in [0.1, 0.15) is 32.3 Å². The van der Waals surface area contributed by atoms with Gasteiger partial charge in [0.2, 0.25) is 0 Å². The second kappa shape index (κ2) is 9.27. The summed E-state index contributed by atoms with van der Waals surface area (Å²) in [5, 5.41) is 0. The molecular formula is C20H28N2O4. The fourth-order valence-corrected chi connectivity index (χ4v) is 2.89. The minimum absolute atomic E-state index is 0.0670. The van der Waals surface area contributed by atoms with E-state index in [1.807, 2.05) is 24.3 Å². The van der Waals surface area contributed by atoms with Gasteiger partial charge in [-0.15, -0.1) is 0 Å². The van der Waals surface area contributed by atoms with E-state index in [9.17, 15) is 9.59 Å². The number of nitrogens with zero attached hydrogens (tertiary/aromatic N) is 2. The van der Waals surface area contributed by atoms with Crippen LogP contribution < -0.4 is 4.74 Å². The van der Waals surface area contributed by atoms with Crippen molar-refractivity contribution in [2.24, 2.45) is 0 Å². The van der Waals surface area contributed by atoms with Crippen molar-refractivity contribution in [3.8, 4) is 5.75 Å². The smallest absolute Gasteiger partial charge is 0.410 e. The summed E-state index contributed by atoms with van der Waals surface area (Å²) in [4.78, 5) is 27.9. The van der Waals surface area contributed by atoms with Gasteiger partial charge in [0.1, 0.15) is 12.4 Å². The Morgan fingerprint density at radius 2 is 1.73 bits per heavy atom. The molecule has 0 N–H and O–H groups in total. The first-order chi connectivity index (χ1) is 12.4. The Morgan fingerprint density at radius 3 is 2.35 bits per heavy atom. The summed E-state index contributed by atoms with van der Waals surface area (Å²) in [5.74, 6) is 0.997. The van der Waals surface area contributed by atoms with Crippen LogP contribution in [0.2, 0.25) is 0 Å². The van der Waals surface area contributed by atoms with Crippen LogP contribution in [0.15, 0.2) is 36.9 Å². The molecular weight excluding hydrogens is 332 g/mol. The van der Waals surface area contributed by atoms with Gasteiger partial charge in [0.25, 0.3) is 5.91 Å². The number of rotatable bonds is 6. The third-order valence-corrected chi connectivity index (χ3v) is 4.37. The van der Waals surface area contributed by atoms with Crippen LogP contribution in [0.4, 0.5) is 4.79 Å². The molecule has 0 saturated carbocycles. The number of hydrogen-bond acceptors (Lipinski definition) is 4. The molecule has 1 aliphatic rings. The normalized spacial score (nSPS) is 15.5. The van der Waals surface area contributed by atoms with Gasteiger partial charge in [-0.2, -0.15) is 0 Å². The molecule has 0 radical (unpaired) electrons. The SMILES string of the molecule is C=CCOC(=O)N1CCN(C(=O)C(C)Oc2ccccc2C(C)C)CC1. The van der Waals surface area contributed by atoms with Crippen molar-refractivity contribution in [3.63, 3.8) is 0 Å². The minimum atomic E-state index is -0.575. The van der Waals surface area contributed by atoms with Crippen molar-refractivity contribution in [2.45, 2.75) is 32.8 Å². The van der Waals surface area contributed by atoms with Crippen LogP contribution >= 0.6 is 0 Å². The molecule has 1 saturated heterocycles. The first kappa shape index (κ1) is 19.8. The van der Waals surface area contributed by atoms with Gasteiger partial charge in [-0.3, -0.25) is 4.79 Å². The number of benzene rings is 1. The van der Waals surface area contributed by atoms with Crippen molar-refractivity contribution in [1.29, 1.82) is 0 Å². The summed E-state index contributed by atoms with van der Waals surface area (Å²) in [6, 6.07) is 7.79.